The summed E-state index contributed by atoms with van der Waals surface area (Å²) in [4.78, 5) is 24.3. The van der Waals surface area contributed by atoms with Gasteiger partial charge in [0.05, 0.1) is 24.6 Å². The number of rotatable bonds is 5. The van der Waals surface area contributed by atoms with Crippen LogP contribution in [0.25, 0.3) is 11.0 Å². The first-order chi connectivity index (χ1) is 11.1. The lowest BCUT2D eigenvalue weighted by molar-refractivity contribution is -0.305. The summed E-state index contributed by atoms with van der Waals surface area (Å²) in [7, 11) is 0. The van der Waals surface area contributed by atoms with Gasteiger partial charge in [0.1, 0.15) is 0 Å². The number of aromatic nitrogens is 2. The molecule has 0 aliphatic carbocycles. The molecule has 0 saturated carbocycles. The van der Waals surface area contributed by atoms with E-state index in [-0.39, 0.29) is 12.8 Å². The van der Waals surface area contributed by atoms with E-state index < -0.39 is 11.9 Å². The van der Waals surface area contributed by atoms with Crippen LogP contribution in [0.3, 0.4) is 0 Å². The maximum Gasteiger partial charge on any atom is 0.224 e. The Morgan fingerprint density at radius 3 is 2.65 bits per heavy atom. The number of benzene rings is 1. The summed E-state index contributed by atoms with van der Waals surface area (Å²) in [6.45, 7) is 2.74. The smallest absolute Gasteiger partial charge is 0.224 e. The topological polar surface area (TPSA) is 121 Å². The molecule has 1 N–H and O–H groups in total. The molecule has 122 valence electrons. The number of carboxylic acid groups (broad SMARTS) is 1. The van der Waals surface area contributed by atoms with Gasteiger partial charge in [0, 0.05) is 25.5 Å². The Hall–Kier alpha value is -2.68. The summed E-state index contributed by atoms with van der Waals surface area (Å²) in [5, 5.41) is 20.8. The van der Waals surface area contributed by atoms with Gasteiger partial charge in [-0.3, -0.25) is 4.79 Å². The Bertz CT molecular complexity index is 723. The minimum absolute atomic E-state index is 0.166. The van der Waals surface area contributed by atoms with Crippen LogP contribution in [0.1, 0.15) is 12.8 Å². The van der Waals surface area contributed by atoms with Crippen LogP contribution in [0.4, 0.5) is 11.4 Å². The highest BCUT2D eigenvalue weighted by atomic mass is 16.6. The van der Waals surface area contributed by atoms with Crippen LogP contribution in [-0.4, -0.2) is 48.5 Å². The summed E-state index contributed by atoms with van der Waals surface area (Å²) in [6.07, 6.45) is -0.502. The monoisotopic (exact) mass is 319 g/mol. The number of hydrogen-bond acceptors (Lipinski definition) is 8. The van der Waals surface area contributed by atoms with Crippen molar-refractivity contribution in [2.75, 3.05) is 36.5 Å². The molecule has 3 rings (SSSR count). The van der Waals surface area contributed by atoms with Gasteiger partial charge >= 0.3 is 0 Å². The molecule has 1 aliphatic rings. The van der Waals surface area contributed by atoms with Crippen molar-refractivity contribution in [3.05, 3.63) is 12.1 Å². The fourth-order valence-corrected chi connectivity index (χ4v) is 2.44. The molecule has 1 aromatic carbocycles. The zero-order valence-electron chi connectivity index (χ0n) is 12.3. The maximum absolute atomic E-state index is 11.8. The molecule has 0 atom stereocenters. The van der Waals surface area contributed by atoms with E-state index in [0.29, 0.717) is 29.9 Å². The molecule has 23 heavy (non-hydrogen) atoms. The quantitative estimate of drug-likeness (QED) is 0.785. The van der Waals surface area contributed by atoms with E-state index in [4.69, 9.17) is 9.37 Å². The first kappa shape index (κ1) is 15.2. The number of carbonyl (C=O) groups excluding carboxylic acids is 2. The van der Waals surface area contributed by atoms with Crippen molar-refractivity contribution < 1.29 is 24.1 Å². The van der Waals surface area contributed by atoms with Crippen LogP contribution in [0, 0.1) is 0 Å². The fraction of sp³-hybridized carbons (Fsp3) is 0.429. The Morgan fingerprint density at radius 1 is 1.17 bits per heavy atom. The van der Waals surface area contributed by atoms with Gasteiger partial charge in [0.15, 0.2) is 11.0 Å². The third kappa shape index (κ3) is 3.39. The zero-order chi connectivity index (χ0) is 16.2. The van der Waals surface area contributed by atoms with E-state index >= 15 is 0 Å². The molecule has 1 aliphatic heterocycles. The molecular weight excluding hydrogens is 304 g/mol. The van der Waals surface area contributed by atoms with Gasteiger partial charge in [-0.1, -0.05) is 0 Å². The van der Waals surface area contributed by atoms with E-state index in [1.165, 1.54) is 0 Å². The lowest BCUT2D eigenvalue weighted by atomic mass is 10.2. The van der Waals surface area contributed by atoms with Crippen molar-refractivity contribution in [1.82, 2.24) is 10.3 Å². The van der Waals surface area contributed by atoms with Crippen molar-refractivity contribution in [3.63, 3.8) is 0 Å². The number of carboxylic acids is 1. The van der Waals surface area contributed by atoms with Gasteiger partial charge in [0.2, 0.25) is 5.91 Å². The maximum atomic E-state index is 11.8. The molecule has 2 heterocycles. The molecule has 0 bridgehead atoms. The summed E-state index contributed by atoms with van der Waals surface area (Å²) >= 11 is 0. The van der Waals surface area contributed by atoms with Gasteiger partial charge in [0.25, 0.3) is 0 Å². The predicted octanol–water partition coefficient (Wildman–Crippen LogP) is -0.472. The van der Waals surface area contributed by atoms with E-state index in [2.05, 4.69) is 20.5 Å². The highest BCUT2D eigenvalue weighted by molar-refractivity contribution is 6.03. The molecule has 1 fully saturated rings. The van der Waals surface area contributed by atoms with Crippen LogP contribution in [0.15, 0.2) is 16.8 Å². The third-order valence-corrected chi connectivity index (χ3v) is 3.58. The van der Waals surface area contributed by atoms with Crippen molar-refractivity contribution in [2.24, 2.45) is 0 Å². The summed E-state index contributed by atoms with van der Waals surface area (Å²) < 4.78 is 10.1. The molecule has 1 aromatic heterocycles. The van der Waals surface area contributed by atoms with Crippen LogP contribution >= 0.6 is 0 Å². The third-order valence-electron chi connectivity index (χ3n) is 3.58. The Balaban J connectivity index is 1.81. The number of amides is 1. The van der Waals surface area contributed by atoms with Gasteiger partial charge in [-0.15, -0.1) is 0 Å². The summed E-state index contributed by atoms with van der Waals surface area (Å²) in [5.41, 5.74) is 2.26. The molecule has 1 saturated heterocycles. The van der Waals surface area contributed by atoms with E-state index in [1.54, 1.807) is 6.07 Å². The molecule has 1 amide bonds. The van der Waals surface area contributed by atoms with Gasteiger partial charge in [-0.25, -0.2) is 4.63 Å². The number of anilines is 2. The van der Waals surface area contributed by atoms with Crippen LogP contribution in [0.5, 0.6) is 0 Å². The number of carbonyl (C=O) groups is 2. The fourth-order valence-electron chi connectivity index (χ4n) is 2.44. The second kappa shape index (κ2) is 6.61. The minimum Gasteiger partial charge on any atom is -0.550 e. The molecule has 0 unspecified atom stereocenters. The average Bonchev–Trinajstić information content (AvgIpc) is 3.04. The highest BCUT2D eigenvalue weighted by Crippen LogP contribution is 2.30. The lowest BCUT2D eigenvalue weighted by Crippen LogP contribution is -2.36. The first-order valence-electron chi connectivity index (χ1n) is 7.23. The number of morpholine rings is 1. The number of aliphatic carboxylic acids is 1. The van der Waals surface area contributed by atoms with Gasteiger partial charge in [-0.05, 0) is 28.9 Å². The van der Waals surface area contributed by atoms with Gasteiger partial charge < -0.3 is 24.9 Å². The Labute approximate surface area is 131 Å². The molecular formula is C14H15N4O5-. The number of nitrogens with zero attached hydrogens (tertiary/aromatic N) is 3. The van der Waals surface area contributed by atoms with Crippen LogP contribution in [0.2, 0.25) is 0 Å². The van der Waals surface area contributed by atoms with E-state index in [1.807, 2.05) is 6.07 Å². The molecule has 0 radical (unpaired) electrons. The van der Waals surface area contributed by atoms with Crippen LogP contribution < -0.4 is 15.3 Å². The van der Waals surface area contributed by atoms with Crippen molar-refractivity contribution >= 4 is 34.3 Å². The number of nitrogens with one attached hydrogen (secondary N) is 1. The lowest BCUT2D eigenvalue weighted by Gasteiger charge is -2.28. The zero-order valence-corrected chi connectivity index (χ0v) is 12.3. The minimum atomic E-state index is -1.27. The Kier molecular flexibility index (Phi) is 4.38. The molecule has 2 aromatic rings. The van der Waals surface area contributed by atoms with Gasteiger partial charge in [-0.2, -0.15) is 0 Å². The molecule has 9 nitrogen and oxygen atoms in total. The highest BCUT2D eigenvalue weighted by Gasteiger charge is 2.19. The second-order valence-corrected chi connectivity index (χ2v) is 5.11. The normalized spacial score (nSPS) is 14.9. The Morgan fingerprint density at radius 2 is 1.91 bits per heavy atom. The SMILES string of the molecule is O=C([O-])CCC(=O)Nc1ccc(N2CCOCC2)c2nonc12. The largest absolute Gasteiger partial charge is 0.550 e. The summed E-state index contributed by atoms with van der Waals surface area (Å²) in [6, 6.07) is 3.53. The van der Waals surface area contributed by atoms with Crippen molar-refractivity contribution in [3.8, 4) is 0 Å². The number of fused-ring (bicyclic) bond motifs is 1. The van der Waals surface area contributed by atoms with Crippen molar-refractivity contribution in [1.29, 1.82) is 0 Å². The number of ether oxygens (including phenoxy) is 1. The van der Waals surface area contributed by atoms with E-state index in [9.17, 15) is 14.7 Å². The second-order valence-electron chi connectivity index (χ2n) is 5.11. The van der Waals surface area contributed by atoms with Crippen molar-refractivity contribution in [2.45, 2.75) is 12.8 Å². The average molecular weight is 319 g/mol. The molecule has 0 spiro atoms. The van der Waals surface area contributed by atoms with E-state index in [0.717, 1.165) is 18.8 Å². The summed E-state index contributed by atoms with van der Waals surface area (Å²) in [5.74, 6) is -1.70. The molecule has 9 heteroatoms. The van der Waals surface area contributed by atoms with Crippen LogP contribution in [-0.2, 0) is 14.3 Å². The predicted molar refractivity (Wildman–Crippen MR) is 77.7 cm³/mol. The standard InChI is InChI=1S/C14H16N4O5/c19-11(3-4-12(20)21)15-9-1-2-10(14-13(9)16-23-17-14)18-5-7-22-8-6-18/h1-2H,3-8H2,(H,15,19)(H,20,21)/p-1. The first-order valence-corrected chi connectivity index (χ1v) is 7.23. The number of hydrogen-bond donors (Lipinski definition) is 1.